The van der Waals surface area contributed by atoms with E-state index in [1.54, 1.807) is 6.07 Å². The number of thiophene rings is 1. The zero-order valence-corrected chi connectivity index (χ0v) is 19.3. The molecular weight excluding hydrogens is 442 g/mol. The van der Waals surface area contributed by atoms with Gasteiger partial charge in [-0.3, -0.25) is 0 Å². The first-order valence-electron chi connectivity index (χ1n) is 10.6. The van der Waals surface area contributed by atoms with Crippen molar-refractivity contribution >= 4 is 43.9 Å². The maximum atomic E-state index is 12.2. The molecule has 0 bridgehead atoms. The second kappa shape index (κ2) is 9.84. The smallest absolute Gasteiger partial charge is 0.250 e. The summed E-state index contributed by atoms with van der Waals surface area (Å²) >= 11 is 1.43. The molecule has 0 amide bonds. The van der Waals surface area contributed by atoms with Crippen LogP contribution in [-0.4, -0.2) is 39.8 Å². The number of nitriles is 1. The number of anilines is 1. The summed E-state index contributed by atoms with van der Waals surface area (Å²) in [5.74, 6) is 0. The van der Waals surface area contributed by atoms with E-state index in [9.17, 15) is 13.7 Å². The number of fused-ring (bicyclic) bond motifs is 1. The number of piperidine rings is 1. The highest BCUT2D eigenvalue weighted by Crippen LogP contribution is 2.33. The first-order valence-corrected chi connectivity index (χ1v) is 12.9. The molecule has 1 aliphatic heterocycles. The monoisotopic (exact) mass is 467 g/mol. The minimum absolute atomic E-state index is 0.131. The Labute approximate surface area is 192 Å². The Morgan fingerprint density at radius 1 is 1.09 bits per heavy atom. The van der Waals surface area contributed by atoms with E-state index >= 15 is 0 Å². The summed E-state index contributed by atoms with van der Waals surface area (Å²) in [5.41, 5.74) is 2.32. The van der Waals surface area contributed by atoms with Crippen LogP contribution in [-0.2, 0) is 10.0 Å². The van der Waals surface area contributed by atoms with Crippen LogP contribution in [0.25, 0.3) is 27.3 Å². The Morgan fingerprint density at radius 2 is 1.84 bits per heavy atom. The van der Waals surface area contributed by atoms with Gasteiger partial charge < -0.3 is 10.0 Å². The van der Waals surface area contributed by atoms with Gasteiger partial charge in [-0.2, -0.15) is 5.26 Å². The molecule has 0 atom stereocenters. The number of allylic oxidation sites excluding steroid dienone is 1. The standard InChI is InChI=1S/C24H25N3O3S2/c25-17-23(32(29,30)26-10-13-28)16-22-8-9-24(31-22)20-5-4-19-15-21(7-6-18(19)14-20)27-11-2-1-3-12-27/h4-9,14-16,26,28H,1-3,10-13H2/b23-16+. The van der Waals surface area contributed by atoms with Crippen LogP contribution < -0.4 is 9.62 Å². The van der Waals surface area contributed by atoms with Gasteiger partial charge in [0, 0.05) is 35.1 Å². The van der Waals surface area contributed by atoms with E-state index in [0.717, 1.165) is 28.9 Å². The predicted molar refractivity (Wildman–Crippen MR) is 131 cm³/mol. The molecule has 0 unspecified atom stereocenters. The summed E-state index contributed by atoms with van der Waals surface area (Å²) in [6.07, 6.45) is 5.17. The first kappa shape index (κ1) is 22.5. The van der Waals surface area contributed by atoms with Crippen LogP contribution in [0.5, 0.6) is 0 Å². The fraction of sp³-hybridized carbons (Fsp3) is 0.292. The third-order valence-corrected chi connectivity index (χ3v) is 7.99. The van der Waals surface area contributed by atoms with Gasteiger partial charge in [0.25, 0.3) is 10.0 Å². The summed E-state index contributed by atoms with van der Waals surface area (Å²) in [6, 6.07) is 18.4. The van der Waals surface area contributed by atoms with Crippen LogP contribution in [0.3, 0.4) is 0 Å². The average molecular weight is 468 g/mol. The highest BCUT2D eigenvalue weighted by molar-refractivity contribution is 7.93. The number of hydrogen-bond acceptors (Lipinski definition) is 6. The van der Waals surface area contributed by atoms with Gasteiger partial charge in [-0.25, -0.2) is 13.1 Å². The van der Waals surface area contributed by atoms with Crippen molar-refractivity contribution in [3.63, 3.8) is 0 Å². The Hall–Kier alpha value is -2.70. The molecule has 1 aromatic heterocycles. The average Bonchev–Trinajstić information content (AvgIpc) is 3.30. The second-order valence-electron chi connectivity index (χ2n) is 7.74. The molecule has 1 fully saturated rings. The molecular formula is C24H25N3O3S2. The van der Waals surface area contributed by atoms with Gasteiger partial charge in [0.2, 0.25) is 0 Å². The third-order valence-electron chi connectivity index (χ3n) is 5.53. The molecule has 2 N–H and O–H groups in total. The molecule has 0 radical (unpaired) electrons. The van der Waals surface area contributed by atoms with Gasteiger partial charge in [0.15, 0.2) is 4.91 Å². The number of nitrogens with zero attached hydrogens (tertiary/aromatic N) is 2. The lowest BCUT2D eigenvalue weighted by Gasteiger charge is -2.29. The number of aliphatic hydroxyl groups is 1. The normalized spacial score (nSPS) is 15.1. The van der Waals surface area contributed by atoms with Gasteiger partial charge in [0.05, 0.1) is 6.61 Å². The SMILES string of the molecule is N#C/C(=C\c1ccc(-c2ccc3cc(N4CCCCC4)ccc3c2)s1)S(=O)(=O)NCCO. The minimum atomic E-state index is -3.94. The van der Waals surface area contributed by atoms with Crippen LogP contribution in [0, 0.1) is 11.3 Å². The summed E-state index contributed by atoms with van der Waals surface area (Å²) in [7, 11) is -3.94. The van der Waals surface area contributed by atoms with E-state index in [1.165, 1.54) is 47.7 Å². The molecule has 1 aliphatic rings. The van der Waals surface area contributed by atoms with Crippen molar-refractivity contribution in [2.24, 2.45) is 0 Å². The van der Waals surface area contributed by atoms with Gasteiger partial charge in [-0.05, 0) is 72.0 Å². The number of benzene rings is 2. The van der Waals surface area contributed by atoms with E-state index < -0.39 is 10.0 Å². The molecule has 0 aliphatic carbocycles. The van der Waals surface area contributed by atoms with Gasteiger partial charge in [-0.1, -0.05) is 18.2 Å². The lowest BCUT2D eigenvalue weighted by molar-refractivity contribution is 0.301. The van der Waals surface area contributed by atoms with E-state index in [-0.39, 0.29) is 18.1 Å². The van der Waals surface area contributed by atoms with Crippen molar-refractivity contribution in [1.29, 1.82) is 5.26 Å². The van der Waals surface area contributed by atoms with Crippen molar-refractivity contribution in [2.45, 2.75) is 19.3 Å². The van der Waals surface area contributed by atoms with Crippen LogP contribution in [0.2, 0.25) is 0 Å². The minimum Gasteiger partial charge on any atom is -0.395 e. The van der Waals surface area contributed by atoms with Crippen LogP contribution >= 0.6 is 11.3 Å². The van der Waals surface area contributed by atoms with Crippen molar-refractivity contribution in [2.75, 3.05) is 31.1 Å². The van der Waals surface area contributed by atoms with Gasteiger partial charge in [-0.15, -0.1) is 11.3 Å². The maximum Gasteiger partial charge on any atom is 0.250 e. The number of nitrogens with one attached hydrogen (secondary N) is 1. The lowest BCUT2D eigenvalue weighted by atomic mass is 10.0. The van der Waals surface area contributed by atoms with Crippen molar-refractivity contribution in [3.05, 3.63) is 58.3 Å². The van der Waals surface area contributed by atoms with E-state index in [1.807, 2.05) is 12.1 Å². The molecule has 32 heavy (non-hydrogen) atoms. The topological polar surface area (TPSA) is 93.4 Å². The largest absolute Gasteiger partial charge is 0.395 e. The molecule has 0 saturated carbocycles. The molecule has 1 saturated heterocycles. The molecule has 0 spiro atoms. The lowest BCUT2D eigenvalue weighted by Crippen LogP contribution is -2.29. The highest BCUT2D eigenvalue weighted by Gasteiger charge is 2.17. The number of hydrogen-bond donors (Lipinski definition) is 2. The van der Waals surface area contributed by atoms with Crippen molar-refractivity contribution in [1.82, 2.24) is 4.72 Å². The zero-order chi connectivity index (χ0) is 22.6. The number of aliphatic hydroxyl groups excluding tert-OH is 1. The molecule has 4 rings (SSSR count). The number of sulfonamides is 1. The Balaban J connectivity index is 1.58. The Kier molecular flexibility index (Phi) is 6.92. The molecule has 166 valence electrons. The van der Waals surface area contributed by atoms with Crippen LogP contribution in [0.15, 0.2) is 53.4 Å². The fourth-order valence-corrected chi connectivity index (χ4v) is 5.82. The van der Waals surface area contributed by atoms with Gasteiger partial charge >= 0.3 is 0 Å². The highest BCUT2D eigenvalue weighted by atomic mass is 32.2. The van der Waals surface area contributed by atoms with Crippen LogP contribution in [0.1, 0.15) is 24.1 Å². The quantitative estimate of drug-likeness (QED) is 0.505. The summed E-state index contributed by atoms with van der Waals surface area (Å²) in [5, 5.41) is 20.5. The first-order chi connectivity index (χ1) is 15.5. The molecule has 3 aromatic rings. The maximum absolute atomic E-state index is 12.2. The zero-order valence-electron chi connectivity index (χ0n) is 17.6. The summed E-state index contributed by atoms with van der Waals surface area (Å²) in [6.45, 7) is 1.77. The number of rotatable bonds is 7. The predicted octanol–water partition coefficient (Wildman–Crippen LogP) is 4.33. The molecule has 2 aromatic carbocycles. The van der Waals surface area contributed by atoms with Crippen molar-refractivity contribution in [3.8, 4) is 16.5 Å². The fourth-order valence-electron chi connectivity index (χ4n) is 3.88. The van der Waals surface area contributed by atoms with Crippen LogP contribution in [0.4, 0.5) is 5.69 Å². The van der Waals surface area contributed by atoms with E-state index in [0.29, 0.717) is 4.88 Å². The van der Waals surface area contributed by atoms with E-state index in [2.05, 4.69) is 46.0 Å². The molecule has 2 heterocycles. The van der Waals surface area contributed by atoms with Crippen molar-refractivity contribution < 1.29 is 13.5 Å². The summed E-state index contributed by atoms with van der Waals surface area (Å²) in [4.78, 5) is 3.75. The van der Waals surface area contributed by atoms with E-state index in [4.69, 9.17) is 5.11 Å². The molecule has 6 nitrogen and oxygen atoms in total. The third kappa shape index (κ3) is 5.03. The Morgan fingerprint density at radius 3 is 2.59 bits per heavy atom. The Bertz CT molecular complexity index is 1280. The summed E-state index contributed by atoms with van der Waals surface area (Å²) < 4.78 is 26.6. The molecule has 8 heteroatoms. The van der Waals surface area contributed by atoms with Gasteiger partial charge in [0.1, 0.15) is 6.07 Å². The second-order valence-corrected chi connectivity index (χ2v) is 10.6.